The standard InChI is InChI=1S/C38H26N2/c1-23-11-17-31-33(29-15-13-25-7-3-5-9-27(25)19-29)22-36-35(37(31)39-23)21-34(32-18-12-24(2)40-38(32)36)30-16-14-26-8-4-6-10-28(26)20-30/h3-22H,1-2H3. The maximum Gasteiger partial charge on any atom is 0.0790 e. The van der Waals surface area contributed by atoms with Crippen molar-refractivity contribution in [2.45, 2.75) is 13.8 Å². The maximum absolute atomic E-state index is 5.14. The van der Waals surface area contributed by atoms with Crippen LogP contribution in [0.15, 0.2) is 121 Å². The van der Waals surface area contributed by atoms with Crippen LogP contribution in [0, 0.1) is 13.8 Å². The topological polar surface area (TPSA) is 25.8 Å². The van der Waals surface area contributed by atoms with E-state index < -0.39 is 0 Å². The van der Waals surface area contributed by atoms with Crippen molar-refractivity contribution in [3.8, 4) is 22.3 Å². The molecule has 0 atom stereocenters. The fraction of sp³-hybridized carbons (Fsp3) is 0.0526. The van der Waals surface area contributed by atoms with E-state index in [0.29, 0.717) is 0 Å². The maximum atomic E-state index is 5.14. The lowest BCUT2D eigenvalue weighted by Crippen LogP contribution is -1.94. The van der Waals surface area contributed by atoms with Gasteiger partial charge in [-0.1, -0.05) is 84.9 Å². The van der Waals surface area contributed by atoms with Gasteiger partial charge in [0.1, 0.15) is 0 Å². The van der Waals surface area contributed by atoms with Crippen molar-refractivity contribution in [1.29, 1.82) is 0 Å². The van der Waals surface area contributed by atoms with Crippen LogP contribution in [-0.2, 0) is 0 Å². The summed E-state index contributed by atoms with van der Waals surface area (Å²) in [6.07, 6.45) is 0. The minimum Gasteiger partial charge on any atom is -0.252 e. The van der Waals surface area contributed by atoms with E-state index in [4.69, 9.17) is 9.97 Å². The van der Waals surface area contributed by atoms with Crippen molar-refractivity contribution in [3.63, 3.8) is 0 Å². The largest absolute Gasteiger partial charge is 0.252 e. The second kappa shape index (κ2) is 8.72. The molecule has 2 heterocycles. The van der Waals surface area contributed by atoms with Crippen LogP contribution < -0.4 is 0 Å². The van der Waals surface area contributed by atoms with Gasteiger partial charge in [-0.15, -0.1) is 0 Å². The van der Waals surface area contributed by atoms with Crippen molar-refractivity contribution < 1.29 is 0 Å². The van der Waals surface area contributed by atoms with Gasteiger partial charge in [0.2, 0.25) is 0 Å². The molecule has 0 saturated heterocycles. The van der Waals surface area contributed by atoms with Gasteiger partial charge in [-0.2, -0.15) is 0 Å². The number of fused-ring (bicyclic) bond motifs is 7. The summed E-state index contributed by atoms with van der Waals surface area (Å²) in [5, 5.41) is 9.54. The zero-order valence-corrected chi connectivity index (χ0v) is 22.4. The lowest BCUT2D eigenvalue weighted by molar-refractivity contribution is 1.26. The third-order valence-electron chi connectivity index (χ3n) is 8.15. The van der Waals surface area contributed by atoms with Crippen LogP contribution in [0.25, 0.3) is 76.4 Å². The number of nitrogens with zero attached hydrogens (tertiary/aromatic N) is 2. The highest BCUT2D eigenvalue weighted by Crippen LogP contribution is 2.41. The predicted octanol–water partition coefficient (Wildman–Crippen LogP) is 10.2. The molecule has 2 heteroatoms. The zero-order chi connectivity index (χ0) is 26.8. The Labute approximate surface area is 232 Å². The molecule has 0 N–H and O–H groups in total. The molecule has 188 valence electrons. The molecule has 0 amide bonds. The molecule has 0 radical (unpaired) electrons. The summed E-state index contributed by atoms with van der Waals surface area (Å²) in [7, 11) is 0. The quantitative estimate of drug-likeness (QED) is 0.216. The van der Waals surface area contributed by atoms with E-state index in [1.165, 1.54) is 43.8 Å². The second-order valence-electron chi connectivity index (χ2n) is 10.8. The third-order valence-corrected chi connectivity index (χ3v) is 8.15. The van der Waals surface area contributed by atoms with Gasteiger partial charge in [0.25, 0.3) is 0 Å². The van der Waals surface area contributed by atoms with Crippen LogP contribution in [0.3, 0.4) is 0 Å². The fourth-order valence-corrected chi connectivity index (χ4v) is 6.14. The zero-order valence-electron chi connectivity index (χ0n) is 22.4. The minimum atomic E-state index is 1.01. The molecular weight excluding hydrogens is 484 g/mol. The van der Waals surface area contributed by atoms with Crippen molar-refractivity contribution >= 4 is 54.1 Å². The highest BCUT2D eigenvalue weighted by molar-refractivity contribution is 6.22. The summed E-state index contributed by atoms with van der Waals surface area (Å²) in [6.45, 7) is 4.14. The van der Waals surface area contributed by atoms with Crippen molar-refractivity contribution in [1.82, 2.24) is 9.97 Å². The van der Waals surface area contributed by atoms with E-state index in [2.05, 4.69) is 135 Å². The van der Waals surface area contributed by atoms with Crippen LogP contribution in [0.1, 0.15) is 11.4 Å². The van der Waals surface area contributed by atoms with E-state index in [9.17, 15) is 0 Å². The third kappa shape index (κ3) is 3.57. The van der Waals surface area contributed by atoms with Crippen LogP contribution in [0.4, 0.5) is 0 Å². The average Bonchev–Trinajstić information content (AvgIpc) is 2.99. The number of aryl methyl sites for hydroxylation is 2. The van der Waals surface area contributed by atoms with E-state index >= 15 is 0 Å². The first-order valence-electron chi connectivity index (χ1n) is 13.8. The molecule has 0 bridgehead atoms. The molecular formula is C38H26N2. The number of hydrogen-bond acceptors (Lipinski definition) is 2. The van der Waals surface area contributed by atoms with Gasteiger partial charge in [0.05, 0.1) is 11.0 Å². The summed E-state index contributed by atoms with van der Waals surface area (Å²) in [5.41, 5.74) is 8.81. The van der Waals surface area contributed by atoms with Crippen molar-refractivity contribution in [3.05, 3.63) is 133 Å². The molecule has 0 fully saturated rings. The highest BCUT2D eigenvalue weighted by atomic mass is 14.7. The lowest BCUT2D eigenvalue weighted by Gasteiger charge is -2.16. The van der Waals surface area contributed by atoms with Gasteiger partial charge in [-0.3, -0.25) is 9.97 Å². The summed E-state index contributed by atoms with van der Waals surface area (Å²) in [6, 6.07) is 43.9. The highest BCUT2D eigenvalue weighted by Gasteiger charge is 2.17. The van der Waals surface area contributed by atoms with Gasteiger partial charge >= 0.3 is 0 Å². The smallest absolute Gasteiger partial charge is 0.0790 e. The molecule has 8 rings (SSSR count). The van der Waals surface area contributed by atoms with Gasteiger partial charge in [-0.05, 0) is 94.0 Å². The molecule has 2 aromatic heterocycles. The summed E-state index contributed by atoms with van der Waals surface area (Å²) < 4.78 is 0. The Bertz CT molecular complexity index is 2130. The average molecular weight is 511 g/mol. The Morgan fingerprint density at radius 1 is 0.375 bits per heavy atom. The van der Waals surface area contributed by atoms with Crippen LogP contribution in [0.2, 0.25) is 0 Å². The molecule has 0 aliphatic heterocycles. The number of aromatic nitrogens is 2. The Morgan fingerprint density at radius 3 is 1.25 bits per heavy atom. The minimum absolute atomic E-state index is 1.01. The Hall–Kier alpha value is -5.08. The monoisotopic (exact) mass is 510 g/mol. The second-order valence-corrected chi connectivity index (χ2v) is 10.8. The first kappa shape index (κ1) is 22.9. The number of rotatable bonds is 2. The number of benzene rings is 6. The molecule has 0 aliphatic rings. The molecule has 0 saturated carbocycles. The molecule has 40 heavy (non-hydrogen) atoms. The summed E-state index contributed by atoms with van der Waals surface area (Å²) in [5.74, 6) is 0. The van der Waals surface area contributed by atoms with E-state index in [1.807, 2.05) is 0 Å². The molecule has 2 nitrogen and oxygen atoms in total. The molecule has 0 aliphatic carbocycles. The normalized spacial score (nSPS) is 11.8. The number of pyridine rings is 2. The van der Waals surface area contributed by atoms with Crippen molar-refractivity contribution in [2.75, 3.05) is 0 Å². The summed E-state index contributed by atoms with van der Waals surface area (Å²) >= 11 is 0. The van der Waals surface area contributed by atoms with Gasteiger partial charge in [-0.25, -0.2) is 0 Å². The van der Waals surface area contributed by atoms with Crippen LogP contribution >= 0.6 is 0 Å². The Balaban J connectivity index is 1.50. The molecule has 6 aromatic carbocycles. The van der Waals surface area contributed by atoms with Crippen LogP contribution in [-0.4, -0.2) is 9.97 Å². The Kier molecular flexibility index (Phi) is 4.99. The molecule has 0 spiro atoms. The number of hydrogen-bond donors (Lipinski definition) is 0. The molecule has 0 unspecified atom stereocenters. The SMILES string of the molecule is Cc1ccc2c(-c3ccc4ccccc4c3)cc3c(cc(-c4ccc5ccccc5c4)c4ccc(C)nc43)c2n1. The summed E-state index contributed by atoms with van der Waals surface area (Å²) in [4.78, 5) is 10.3. The molecule has 8 aromatic rings. The predicted molar refractivity (Wildman–Crippen MR) is 170 cm³/mol. The van der Waals surface area contributed by atoms with Crippen molar-refractivity contribution in [2.24, 2.45) is 0 Å². The first-order chi connectivity index (χ1) is 19.6. The van der Waals surface area contributed by atoms with Gasteiger partial charge in [0.15, 0.2) is 0 Å². The fourth-order valence-electron chi connectivity index (χ4n) is 6.14. The van der Waals surface area contributed by atoms with E-state index in [1.54, 1.807) is 0 Å². The van der Waals surface area contributed by atoms with E-state index in [-0.39, 0.29) is 0 Å². The van der Waals surface area contributed by atoms with E-state index in [0.717, 1.165) is 44.0 Å². The Morgan fingerprint density at radius 2 is 0.800 bits per heavy atom. The lowest BCUT2D eigenvalue weighted by atomic mass is 9.90. The van der Waals surface area contributed by atoms with Gasteiger partial charge < -0.3 is 0 Å². The van der Waals surface area contributed by atoms with Gasteiger partial charge in [0, 0.05) is 32.9 Å². The van der Waals surface area contributed by atoms with Crippen LogP contribution in [0.5, 0.6) is 0 Å². The first-order valence-corrected chi connectivity index (χ1v) is 13.8.